The molecule has 0 saturated heterocycles. The topological polar surface area (TPSA) is 150 Å². The van der Waals surface area contributed by atoms with Gasteiger partial charge in [-0.3, -0.25) is 9.36 Å². The zero-order valence-electron chi connectivity index (χ0n) is 21.5. The van der Waals surface area contributed by atoms with E-state index in [9.17, 15) is 9.18 Å². The van der Waals surface area contributed by atoms with Crippen LogP contribution < -0.4 is 16.4 Å². The number of nitrogens with one attached hydrogen (secondary N) is 2. The van der Waals surface area contributed by atoms with Crippen LogP contribution in [0.4, 0.5) is 22.0 Å². The lowest BCUT2D eigenvalue weighted by Crippen LogP contribution is -2.29. The molecule has 1 amide bonds. The van der Waals surface area contributed by atoms with E-state index in [0.717, 1.165) is 25.7 Å². The third-order valence-electron chi connectivity index (χ3n) is 7.93. The number of rotatable bonds is 7. The van der Waals surface area contributed by atoms with E-state index in [2.05, 4.69) is 25.8 Å². The lowest BCUT2D eigenvalue weighted by molar-refractivity contribution is -0.122. The Kier molecular flexibility index (Phi) is 7.45. The van der Waals surface area contributed by atoms with Crippen molar-refractivity contribution in [1.82, 2.24) is 29.7 Å². The number of nitrogens with zero attached hydrogens (tertiary/aromatic N) is 6. The van der Waals surface area contributed by atoms with Crippen molar-refractivity contribution < 1.29 is 13.7 Å². The number of amides is 1. The number of benzene rings is 1. The summed E-state index contributed by atoms with van der Waals surface area (Å²) < 4.78 is 21.1. The van der Waals surface area contributed by atoms with Crippen LogP contribution in [-0.2, 0) is 4.79 Å². The van der Waals surface area contributed by atoms with E-state index >= 15 is 0 Å². The first kappa shape index (κ1) is 26.7. The molecular formula is C26H28Cl2FN9O2. The minimum Gasteiger partial charge on any atom is -0.369 e. The van der Waals surface area contributed by atoms with E-state index in [1.54, 1.807) is 6.20 Å². The molecule has 0 atom stereocenters. The first-order chi connectivity index (χ1) is 19.4. The molecule has 4 N–H and O–H groups in total. The van der Waals surface area contributed by atoms with Gasteiger partial charge in [-0.15, -0.1) is 0 Å². The number of aromatic nitrogens is 6. The van der Waals surface area contributed by atoms with Gasteiger partial charge in [-0.2, -0.15) is 9.97 Å². The molecule has 3 heterocycles. The fourth-order valence-corrected chi connectivity index (χ4v) is 6.37. The number of carbonyl (C=O) groups is 1. The van der Waals surface area contributed by atoms with Crippen molar-refractivity contribution in [1.29, 1.82) is 0 Å². The fraction of sp³-hybridized carbons (Fsp3) is 0.462. The molecule has 0 radical (unpaired) electrons. The number of anilines is 3. The highest BCUT2D eigenvalue weighted by molar-refractivity contribution is 6.39. The second kappa shape index (κ2) is 11.2. The van der Waals surface area contributed by atoms with E-state index < -0.39 is 5.82 Å². The molecule has 0 aliphatic heterocycles. The number of carbonyl (C=O) groups excluding carboxylic acids is 1. The predicted molar refractivity (Wildman–Crippen MR) is 148 cm³/mol. The first-order valence-corrected chi connectivity index (χ1v) is 14.1. The molecule has 1 aromatic carbocycles. The zero-order chi connectivity index (χ0) is 27.8. The molecule has 11 nitrogen and oxygen atoms in total. The monoisotopic (exact) mass is 587 g/mol. The molecule has 14 heteroatoms. The molecular weight excluding hydrogens is 560 g/mol. The van der Waals surface area contributed by atoms with Crippen molar-refractivity contribution in [2.24, 2.45) is 11.7 Å². The van der Waals surface area contributed by atoms with E-state index in [0.29, 0.717) is 60.3 Å². The Morgan fingerprint density at radius 1 is 1.02 bits per heavy atom. The average Bonchev–Trinajstić information content (AvgIpc) is 3.59. The minimum absolute atomic E-state index is 0.00584. The highest BCUT2D eigenvalue weighted by Gasteiger charge is 2.30. The van der Waals surface area contributed by atoms with Gasteiger partial charge in [0.15, 0.2) is 12.0 Å². The molecule has 2 aliphatic carbocycles. The maximum atomic E-state index is 13.8. The van der Waals surface area contributed by atoms with Gasteiger partial charge in [0.05, 0.1) is 21.9 Å². The number of imidazole rings is 1. The van der Waals surface area contributed by atoms with Crippen molar-refractivity contribution >= 4 is 57.9 Å². The molecule has 0 bridgehead atoms. The normalized spacial score (nSPS) is 23.3. The van der Waals surface area contributed by atoms with Crippen LogP contribution in [0, 0.1) is 11.7 Å². The standard InChI is InChI=1S/C26H28Cl2FN9O2/c27-18-9-15(29)10-19(28)21(18)36-26-35-20-11-31-25(34-16-5-1-14(2-6-16)24-32-12-33-40-24)37-23(20)38(26)17-7-3-13(4-8-17)22(30)39/h9-14,16-17H,1-8H2,(H2,30,39)(H,35,36)(H,31,34,37). The molecule has 2 fully saturated rings. The summed E-state index contributed by atoms with van der Waals surface area (Å²) in [6, 6.07) is 2.58. The van der Waals surface area contributed by atoms with Crippen LogP contribution in [0.3, 0.4) is 0 Å². The molecule has 40 heavy (non-hydrogen) atoms. The van der Waals surface area contributed by atoms with Crippen molar-refractivity contribution in [2.75, 3.05) is 10.6 Å². The summed E-state index contributed by atoms with van der Waals surface area (Å²) in [5, 5.41) is 10.7. The number of hydrogen-bond acceptors (Lipinski definition) is 9. The molecule has 0 spiro atoms. The van der Waals surface area contributed by atoms with Gasteiger partial charge >= 0.3 is 0 Å². The molecule has 3 aromatic heterocycles. The Morgan fingerprint density at radius 2 is 1.75 bits per heavy atom. The highest BCUT2D eigenvalue weighted by Crippen LogP contribution is 2.40. The third kappa shape index (κ3) is 5.42. The second-order valence-corrected chi connectivity index (χ2v) is 11.3. The van der Waals surface area contributed by atoms with Crippen LogP contribution in [0.25, 0.3) is 11.2 Å². The molecule has 2 saturated carbocycles. The Balaban J connectivity index is 1.28. The van der Waals surface area contributed by atoms with Gasteiger partial charge in [-0.1, -0.05) is 28.4 Å². The third-order valence-corrected chi connectivity index (χ3v) is 8.52. The Labute approximate surface area is 239 Å². The van der Waals surface area contributed by atoms with E-state index in [-0.39, 0.29) is 39.9 Å². The van der Waals surface area contributed by atoms with Crippen LogP contribution in [0.2, 0.25) is 10.0 Å². The molecule has 6 rings (SSSR count). The molecule has 4 aromatic rings. The summed E-state index contributed by atoms with van der Waals surface area (Å²) in [5.41, 5.74) is 7.14. The first-order valence-electron chi connectivity index (χ1n) is 13.3. The minimum atomic E-state index is -0.536. The zero-order valence-corrected chi connectivity index (χ0v) is 23.0. The molecule has 2 aliphatic rings. The summed E-state index contributed by atoms with van der Waals surface area (Å²) in [6.07, 6.45) is 9.56. The summed E-state index contributed by atoms with van der Waals surface area (Å²) in [5.74, 6) is 0.945. The summed E-state index contributed by atoms with van der Waals surface area (Å²) >= 11 is 12.7. The van der Waals surface area contributed by atoms with Crippen LogP contribution in [0.1, 0.15) is 69.2 Å². The van der Waals surface area contributed by atoms with Crippen LogP contribution in [-0.4, -0.2) is 41.6 Å². The number of primary amides is 1. The maximum absolute atomic E-state index is 13.8. The fourth-order valence-electron chi connectivity index (χ4n) is 5.82. The van der Waals surface area contributed by atoms with Crippen molar-refractivity contribution in [3.8, 4) is 0 Å². The van der Waals surface area contributed by atoms with Crippen molar-refractivity contribution in [3.05, 3.63) is 46.4 Å². The van der Waals surface area contributed by atoms with Crippen molar-refractivity contribution in [2.45, 2.75) is 69.4 Å². The second-order valence-electron chi connectivity index (χ2n) is 10.5. The van der Waals surface area contributed by atoms with Crippen molar-refractivity contribution in [3.63, 3.8) is 0 Å². The number of nitrogens with two attached hydrogens (primary N) is 1. The quantitative estimate of drug-likeness (QED) is 0.245. The number of fused-ring (bicyclic) bond motifs is 1. The van der Waals surface area contributed by atoms with E-state index in [1.807, 2.05) is 4.57 Å². The van der Waals surface area contributed by atoms with Crippen LogP contribution in [0.15, 0.2) is 29.2 Å². The van der Waals surface area contributed by atoms with Gasteiger partial charge in [-0.25, -0.2) is 14.4 Å². The van der Waals surface area contributed by atoms with Gasteiger partial charge in [-0.05, 0) is 63.5 Å². The smallest absolute Gasteiger partial charge is 0.229 e. The van der Waals surface area contributed by atoms with E-state index in [4.69, 9.17) is 43.4 Å². The van der Waals surface area contributed by atoms with Crippen LogP contribution in [0.5, 0.6) is 0 Å². The van der Waals surface area contributed by atoms with Gasteiger partial charge in [0.2, 0.25) is 23.7 Å². The summed E-state index contributed by atoms with van der Waals surface area (Å²) in [7, 11) is 0. The maximum Gasteiger partial charge on any atom is 0.229 e. The lowest BCUT2D eigenvalue weighted by Gasteiger charge is -2.29. The number of hydrogen-bond donors (Lipinski definition) is 3. The number of halogens is 3. The van der Waals surface area contributed by atoms with Gasteiger partial charge < -0.3 is 20.9 Å². The predicted octanol–water partition coefficient (Wildman–Crippen LogP) is 5.75. The summed E-state index contributed by atoms with van der Waals surface area (Å²) in [4.78, 5) is 30.1. The SMILES string of the molecule is NC(=O)C1CCC(n2c(Nc3c(Cl)cc(F)cc3Cl)nc3cnc(NC4CCC(c5ncno5)CC4)nc32)CC1. The summed E-state index contributed by atoms with van der Waals surface area (Å²) in [6.45, 7) is 0. The Morgan fingerprint density at radius 3 is 2.40 bits per heavy atom. The molecule has 0 unspecified atom stereocenters. The van der Waals surface area contributed by atoms with Gasteiger partial charge in [0, 0.05) is 23.9 Å². The Bertz CT molecular complexity index is 1490. The van der Waals surface area contributed by atoms with Gasteiger partial charge in [0.1, 0.15) is 11.3 Å². The molecule has 210 valence electrons. The van der Waals surface area contributed by atoms with E-state index in [1.165, 1.54) is 18.5 Å². The largest absolute Gasteiger partial charge is 0.369 e. The van der Waals surface area contributed by atoms with Crippen LogP contribution >= 0.6 is 23.2 Å². The highest BCUT2D eigenvalue weighted by atomic mass is 35.5. The lowest BCUT2D eigenvalue weighted by atomic mass is 9.85. The van der Waals surface area contributed by atoms with Gasteiger partial charge in [0.25, 0.3) is 0 Å². The average molecular weight is 588 g/mol. The Hall–Kier alpha value is -3.51.